The van der Waals surface area contributed by atoms with Crippen LogP contribution in [0.3, 0.4) is 0 Å². The van der Waals surface area contributed by atoms with E-state index in [2.05, 4.69) is 5.32 Å². The number of nitro groups is 1. The highest BCUT2D eigenvalue weighted by Crippen LogP contribution is 2.31. The Labute approximate surface area is 139 Å². The van der Waals surface area contributed by atoms with E-state index in [1.807, 2.05) is 25.1 Å². The van der Waals surface area contributed by atoms with Crippen LogP contribution in [0, 0.1) is 10.1 Å². The maximum atomic E-state index is 12.0. The second-order valence-electron chi connectivity index (χ2n) is 4.98. The van der Waals surface area contributed by atoms with E-state index in [1.54, 1.807) is 6.07 Å². The predicted octanol–water partition coefficient (Wildman–Crippen LogP) is 3.18. The molecule has 0 atom stereocenters. The minimum Gasteiger partial charge on any atom is -0.493 e. The molecule has 0 aliphatic heterocycles. The molecule has 0 heterocycles. The Hall–Kier alpha value is -3.09. The summed E-state index contributed by atoms with van der Waals surface area (Å²) >= 11 is 0. The van der Waals surface area contributed by atoms with Crippen molar-refractivity contribution in [3.63, 3.8) is 0 Å². The maximum Gasteiger partial charge on any atom is 0.273 e. The van der Waals surface area contributed by atoms with E-state index in [9.17, 15) is 14.9 Å². The summed E-state index contributed by atoms with van der Waals surface area (Å²) in [5.74, 6) is 0.0994. The molecule has 7 nitrogen and oxygen atoms in total. The molecular weight excluding hydrogens is 312 g/mol. The van der Waals surface area contributed by atoms with E-state index in [0.717, 1.165) is 12.0 Å². The molecular formula is C17H18N2O5. The molecule has 0 saturated carbocycles. The van der Waals surface area contributed by atoms with Crippen LogP contribution in [0.15, 0.2) is 42.5 Å². The molecule has 2 aromatic carbocycles. The number of rotatable bonds is 7. The van der Waals surface area contributed by atoms with Gasteiger partial charge in [-0.1, -0.05) is 19.1 Å². The number of nitrogens with one attached hydrogen (secondary N) is 1. The van der Waals surface area contributed by atoms with Crippen LogP contribution < -0.4 is 14.8 Å². The molecule has 0 unspecified atom stereocenters. The SMILES string of the molecule is CCc1cccc(NC(=O)COc2cc([N+](=O)[O-])ccc2OC)c1. The van der Waals surface area contributed by atoms with Crippen molar-refractivity contribution >= 4 is 17.3 Å². The van der Waals surface area contributed by atoms with Gasteiger partial charge in [-0.2, -0.15) is 0 Å². The maximum absolute atomic E-state index is 12.0. The van der Waals surface area contributed by atoms with Gasteiger partial charge in [0.2, 0.25) is 0 Å². The van der Waals surface area contributed by atoms with E-state index in [4.69, 9.17) is 9.47 Å². The molecule has 0 aliphatic rings. The van der Waals surface area contributed by atoms with Crippen molar-refractivity contribution < 1.29 is 19.2 Å². The van der Waals surface area contributed by atoms with Gasteiger partial charge in [-0.25, -0.2) is 0 Å². The van der Waals surface area contributed by atoms with Crippen LogP contribution in [-0.2, 0) is 11.2 Å². The summed E-state index contributed by atoms with van der Waals surface area (Å²) in [6.07, 6.45) is 0.866. The van der Waals surface area contributed by atoms with E-state index in [0.29, 0.717) is 11.4 Å². The molecule has 1 N–H and O–H groups in total. The van der Waals surface area contributed by atoms with Gasteiger partial charge >= 0.3 is 0 Å². The largest absolute Gasteiger partial charge is 0.493 e. The van der Waals surface area contributed by atoms with Crippen molar-refractivity contribution in [3.8, 4) is 11.5 Å². The molecule has 24 heavy (non-hydrogen) atoms. The van der Waals surface area contributed by atoms with Crippen LogP contribution in [0.25, 0.3) is 0 Å². The zero-order valence-corrected chi connectivity index (χ0v) is 13.4. The highest BCUT2D eigenvalue weighted by molar-refractivity contribution is 5.92. The van der Waals surface area contributed by atoms with Gasteiger partial charge in [-0.3, -0.25) is 14.9 Å². The first kappa shape index (κ1) is 17.3. The van der Waals surface area contributed by atoms with E-state index in [-0.39, 0.29) is 24.0 Å². The Balaban J connectivity index is 2.02. The van der Waals surface area contributed by atoms with Gasteiger partial charge in [-0.15, -0.1) is 0 Å². The fourth-order valence-corrected chi connectivity index (χ4v) is 2.10. The zero-order valence-electron chi connectivity index (χ0n) is 13.4. The lowest BCUT2D eigenvalue weighted by molar-refractivity contribution is -0.385. The molecule has 1 amide bonds. The number of anilines is 1. The zero-order chi connectivity index (χ0) is 17.5. The fourth-order valence-electron chi connectivity index (χ4n) is 2.10. The Morgan fingerprint density at radius 1 is 1.21 bits per heavy atom. The topological polar surface area (TPSA) is 90.7 Å². The molecule has 0 aromatic heterocycles. The molecule has 0 fully saturated rings. The highest BCUT2D eigenvalue weighted by atomic mass is 16.6. The molecule has 2 aromatic rings. The van der Waals surface area contributed by atoms with E-state index in [1.165, 1.54) is 25.3 Å². The standard InChI is InChI=1S/C17H18N2O5/c1-3-12-5-4-6-13(9-12)18-17(20)11-24-16-10-14(19(21)22)7-8-15(16)23-2/h4-10H,3,11H2,1-2H3,(H,18,20). The Morgan fingerprint density at radius 2 is 2.00 bits per heavy atom. The van der Waals surface area contributed by atoms with Crippen LogP contribution in [0.2, 0.25) is 0 Å². The van der Waals surface area contributed by atoms with Crippen LogP contribution >= 0.6 is 0 Å². The Morgan fingerprint density at radius 3 is 2.67 bits per heavy atom. The summed E-state index contributed by atoms with van der Waals surface area (Å²) in [6.45, 7) is 1.74. The number of amides is 1. The average molecular weight is 330 g/mol. The molecule has 0 radical (unpaired) electrons. The summed E-state index contributed by atoms with van der Waals surface area (Å²) in [5, 5.41) is 13.5. The van der Waals surface area contributed by atoms with Crippen LogP contribution in [0.1, 0.15) is 12.5 Å². The lowest BCUT2D eigenvalue weighted by Crippen LogP contribution is -2.20. The van der Waals surface area contributed by atoms with Crippen molar-refractivity contribution in [1.82, 2.24) is 0 Å². The molecule has 0 spiro atoms. The fraction of sp³-hybridized carbons (Fsp3) is 0.235. The van der Waals surface area contributed by atoms with Crippen molar-refractivity contribution in [2.75, 3.05) is 19.0 Å². The number of hydrogen-bond acceptors (Lipinski definition) is 5. The third kappa shape index (κ3) is 4.45. The lowest BCUT2D eigenvalue weighted by Gasteiger charge is -2.11. The van der Waals surface area contributed by atoms with Crippen molar-refractivity contribution in [2.45, 2.75) is 13.3 Å². The molecule has 2 rings (SSSR count). The highest BCUT2D eigenvalue weighted by Gasteiger charge is 2.14. The first-order valence-corrected chi connectivity index (χ1v) is 7.37. The number of nitro benzene ring substituents is 1. The smallest absolute Gasteiger partial charge is 0.273 e. The molecule has 0 saturated heterocycles. The second-order valence-corrected chi connectivity index (χ2v) is 4.98. The predicted molar refractivity (Wildman–Crippen MR) is 89.6 cm³/mol. The third-order valence-electron chi connectivity index (χ3n) is 3.34. The summed E-state index contributed by atoms with van der Waals surface area (Å²) in [7, 11) is 1.42. The monoisotopic (exact) mass is 330 g/mol. The van der Waals surface area contributed by atoms with Crippen LogP contribution in [0.4, 0.5) is 11.4 Å². The minimum absolute atomic E-state index is 0.137. The van der Waals surface area contributed by atoms with Gasteiger partial charge in [0.15, 0.2) is 18.1 Å². The summed E-state index contributed by atoms with van der Waals surface area (Å²) in [6, 6.07) is 11.5. The van der Waals surface area contributed by atoms with Gasteiger partial charge in [0.25, 0.3) is 11.6 Å². The van der Waals surface area contributed by atoms with Crippen molar-refractivity contribution in [2.24, 2.45) is 0 Å². The summed E-state index contributed by atoms with van der Waals surface area (Å²) in [5.41, 5.74) is 1.64. The number of aryl methyl sites for hydroxylation is 1. The number of benzene rings is 2. The van der Waals surface area contributed by atoms with Crippen LogP contribution in [-0.4, -0.2) is 24.5 Å². The van der Waals surface area contributed by atoms with E-state index < -0.39 is 4.92 Å². The van der Waals surface area contributed by atoms with E-state index >= 15 is 0 Å². The first-order valence-electron chi connectivity index (χ1n) is 7.37. The second kappa shape index (κ2) is 7.96. The number of hydrogen-bond donors (Lipinski definition) is 1. The van der Waals surface area contributed by atoms with Crippen LogP contribution in [0.5, 0.6) is 11.5 Å². The summed E-state index contributed by atoms with van der Waals surface area (Å²) in [4.78, 5) is 22.3. The van der Waals surface area contributed by atoms with Crippen molar-refractivity contribution in [1.29, 1.82) is 0 Å². The van der Waals surface area contributed by atoms with Gasteiger partial charge < -0.3 is 14.8 Å². The number of nitrogens with zero attached hydrogens (tertiary/aromatic N) is 1. The number of carbonyl (C=O) groups excluding carboxylic acids is 1. The molecule has 0 aliphatic carbocycles. The molecule has 0 bridgehead atoms. The quantitative estimate of drug-likeness (QED) is 0.622. The van der Waals surface area contributed by atoms with Gasteiger partial charge in [-0.05, 0) is 30.2 Å². The van der Waals surface area contributed by atoms with Crippen molar-refractivity contribution in [3.05, 3.63) is 58.1 Å². The first-order chi connectivity index (χ1) is 11.5. The van der Waals surface area contributed by atoms with Gasteiger partial charge in [0.1, 0.15) is 0 Å². The minimum atomic E-state index is -0.539. The third-order valence-corrected chi connectivity index (χ3v) is 3.34. The van der Waals surface area contributed by atoms with Gasteiger partial charge in [0, 0.05) is 11.8 Å². The molecule has 126 valence electrons. The number of methoxy groups -OCH3 is 1. The number of non-ortho nitro benzene ring substituents is 1. The normalized spacial score (nSPS) is 10.1. The summed E-state index contributed by atoms with van der Waals surface area (Å²) < 4.78 is 10.4. The lowest BCUT2D eigenvalue weighted by atomic mass is 10.1. The van der Waals surface area contributed by atoms with Gasteiger partial charge in [0.05, 0.1) is 18.1 Å². The molecule has 7 heteroatoms. The number of ether oxygens (including phenoxy) is 2. The average Bonchev–Trinajstić information content (AvgIpc) is 2.59. The Kier molecular flexibility index (Phi) is 5.73. The number of carbonyl (C=O) groups is 1. The Bertz CT molecular complexity index is 746.